The topological polar surface area (TPSA) is 87.3 Å². The van der Waals surface area contributed by atoms with Crippen molar-refractivity contribution in [3.8, 4) is 0 Å². The van der Waals surface area contributed by atoms with Gasteiger partial charge in [0.25, 0.3) is 5.56 Å². The molecule has 3 aromatic carbocycles. The van der Waals surface area contributed by atoms with Gasteiger partial charge in [0, 0.05) is 29.7 Å². The number of fused-ring (bicyclic) bond motifs is 1. The molecule has 0 radical (unpaired) electrons. The molecule has 1 aromatic heterocycles. The Morgan fingerprint density at radius 1 is 0.861 bits per heavy atom. The van der Waals surface area contributed by atoms with E-state index in [0.29, 0.717) is 17.5 Å². The predicted molar refractivity (Wildman–Crippen MR) is 143 cm³/mol. The van der Waals surface area contributed by atoms with Gasteiger partial charge in [-0.3, -0.25) is 9.59 Å². The number of hydrogen-bond acceptors (Lipinski definition) is 4. The Morgan fingerprint density at radius 3 is 2.19 bits per heavy atom. The number of aromatic amines is 1. The Balaban J connectivity index is 1.74. The van der Waals surface area contributed by atoms with Gasteiger partial charge in [0.2, 0.25) is 10.0 Å². The summed E-state index contributed by atoms with van der Waals surface area (Å²) in [6, 6.07) is 19.5. The Hall–Kier alpha value is -3.55. The second kappa shape index (κ2) is 10.2. The van der Waals surface area contributed by atoms with E-state index in [-0.39, 0.29) is 29.3 Å². The van der Waals surface area contributed by atoms with Crippen LogP contribution in [0, 0.1) is 20.8 Å². The van der Waals surface area contributed by atoms with E-state index in [0.717, 1.165) is 33.2 Å². The maximum Gasteiger partial charge on any atom is 0.252 e. The van der Waals surface area contributed by atoms with Crippen LogP contribution in [0.2, 0.25) is 0 Å². The standard InChI is InChI=1S/C29H30N2O4S/c1-19-7-5-6-8-23(19)13-14-31(36(34,35)27-11-9-24(10-12-27)22(4)32)18-26-17-25-15-20(2)21(3)16-28(25)30-29(26)33/h5-12,15-17H,13-14,18H2,1-4H3,(H,30,33). The molecule has 0 unspecified atom stereocenters. The van der Waals surface area contributed by atoms with Crippen LogP contribution in [-0.2, 0) is 23.0 Å². The first-order chi connectivity index (χ1) is 17.1. The molecule has 36 heavy (non-hydrogen) atoms. The summed E-state index contributed by atoms with van der Waals surface area (Å²) in [6.45, 7) is 7.55. The number of sulfonamides is 1. The summed E-state index contributed by atoms with van der Waals surface area (Å²) >= 11 is 0. The molecule has 0 amide bonds. The molecule has 4 aromatic rings. The molecule has 1 heterocycles. The fourth-order valence-electron chi connectivity index (χ4n) is 4.26. The lowest BCUT2D eigenvalue weighted by atomic mass is 10.0. The van der Waals surface area contributed by atoms with Crippen LogP contribution >= 0.6 is 0 Å². The molecule has 0 aliphatic heterocycles. The van der Waals surface area contributed by atoms with Gasteiger partial charge in [-0.25, -0.2) is 8.42 Å². The SMILES string of the molecule is CC(=O)c1ccc(S(=O)(=O)N(CCc2ccccc2C)Cc2cc3cc(C)c(C)cc3[nH]c2=O)cc1. The number of Topliss-reactive ketones (excluding diaryl/α,β-unsaturated/α-hetero) is 1. The second-order valence-corrected chi connectivity index (χ2v) is 11.2. The van der Waals surface area contributed by atoms with Gasteiger partial charge in [-0.1, -0.05) is 36.4 Å². The van der Waals surface area contributed by atoms with Gasteiger partial charge >= 0.3 is 0 Å². The lowest BCUT2D eigenvalue weighted by Crippen LogP contribution is -2.34. The molecule has 1 N–H and O–H groups in total. The van der Waals surface area contributed by atoms with Gasteiger partial charge in [0.15, 0.2) is 5.78 Å². The molecule has 0 aliphatic carbocycles. The average molecular weight is 503 g/mol. The lowest BCUT2D eigenvalue weighted by molar-refractivity contribution is 0.101. The highest BCUT2D eigenvalue weighted by atomic mass is 32.2. The van der Waals surface area contributed by atoms with Gasteiger partial charge < -0.3 is 4.98 Å². The highest BCUT2D eigenvalue weighted by Crippen LogP contribution is 2.22. The van der Waals surface area contributed by atoms with E-state index in [9.17, 15) is 18.0 Å². The molecular formula is C29H30N2O4S. The largest absolute Gasteiger partial charge is 0.322 e. The fourth-order valence-corrected chi connectivity index (χ4v) is 5.68. The van der Waals surface area contributed by atoms with Crippen molar-refractivity contribution in [2.75, 3.05) is 6.54 Å². The van der Waals surface area contributed by atoms with Crippen molar-refractivity contribution >= 4 is 26.7 Å². The summed E-state index contributed by atoms with van der Waals surface area (Å²) in [7, 11) is -3.94. The van der Waals surface area contributed by atoms with Crippen LogP contribution in [0.1, 0.15) is 45.1 Å². The molecule has 4 rings (SSSR count). The van der Waals surface area contributed by atoms with Crippen molar-refractivity contribution in [2.24, 2.45) is 0 Å². The first-order valence-corrected chi connectivity index (χ1v) is 13.3. The lowest BCUT2D eigenvalue weighted by Gasteiger charge is -2.23. The number of pyridine rings is 1. The minimum absolute atomic E-state index is 0.0686. The number of ketones is 1. The summed E-state index contributed by atoms with van der Waals surface area (Å²) in [6.07, 6.45) is 0.501. The summed E-state index contributed by atoms with van der Waals surface area (Å²) in [4.78, 5) is 27.6. The molecule has 186 valence electrons. The molecule has 0 spiro atoms. The summed E-state index contributed by atoms with van der Waals surface area (Å²) in [5.74, 6) is -0.136. The van der Waals surface area contributed by atoms with E-state index in [1.54, 1.807) is 6.07 Å². The third-order valence-electron chi connectivity index (χ3n) is 6.67. The van der Waals surface area contributed by atoms with E-state index < -0.39 is 10.0 Å². The van der Waals surface area contributed by atoms with E-state index in [1.165, 1.54) is 35.5 Å². The van der Waals surface area contributed by atoms with Gasteiger partial charge in [0.05, 0.1) is 4.90 Å². The first kappa shape index (κ1) is 25.5. The normalized spacial score (nSPS) is 11.8. The first-order valence-electron chi connectivity index (χ1n) is 11.8. The van der Waals surface area contributed by atoms with Crippen molar-refractivity contribution in [2.45, 2.75) is 45.6 Å². The van der Waals surface area contributed by atoms with Gasteiger partial charge in [-0.2, -0.15) is 4.31 Å². The smallest absolute Gasteiger partial charge is 0.252 e. The summed E-state index contributed by atoms with van der Waals surface area (Å²) in [5, 5.41) is 0.856. The van der Waals surface area contributed by atoms with E-state index in [1.807, 2.05) is 57.2 Å². The van der Waals surface area contributed by atoms with Crippen LogP contribution in [0.3, 0.4) is 0 Å². The van der Waals surface area contributed by atoms with Crippen LogP contribution in [-0.4, -0.2) is 30.0 Å². The van der Waals surface area contributed by atoms with Gasteiger partial charge in [0.1, 0.15) is 0 Å². The van der Waals surface area contributed by atoms with E-state index in [4.69, 9.17) is 0 Å². The number of hydrogen-bond donors (Lipinski definition) is 1. The number of H-pyrrole nitrogens is 1. The number of nitrogens with one attached hydrogen (secondary N) is 1. The molecule has 0 atom stereocenters. The Kier molecular flexibility index (Phi) is 7.24. The van der Waals surface area contributed by atoms with Crippen LogP contribution in [0.25, 0.3) is 10.9 Å². The van der Waals surface area contributed by atoms with Crippen molar-refractivity contribution < 1.29 is 13.2 Å². The van der Waals surface area contributed by atoms with Gasteiger partial charge in [-0.15, -0.1) is 0 Å². The minimum atomic E-state index is -3.94. The zero-order valence-electron chi connectivity index (χ0n) is 21.0. The zero-order valence-corrected chi connectivity index (χ0v) is 21.8. The number of carbonyl (C=O) groups is 1. The Morgan fingerprint density at radius 2 is 1.53 bits per heavy atom. The van der Waals surface area contributed by atoms with E-state index in [2.05, 4.69) is 4.98 Å². The molecule has 6 nitrogen and oxygen atoms in total. The van der Waals surface area contributed by atoms with Crippen LogP contribution in [0.4, 0.5) is 0 Å². The monoisotopic (exact) mass is 502 g/mol. The number of rotatable bonds is 8. The molecule has 0 bridgehead atoms. The van der Waals surface area contributed by atoms with Gasteiger partial charge in [-0.05, 0) is 92.1 Å². The van der Waals surface area contributed by atoms with Crippen LogP contribution in [0.15, 0.2) is 76.4 Å². The highest BCUT2D eigenvalue weighted by molar-refractivity contribution is 7.89. The molecule has 0 aliphatic rings. The third-order valence-corrected chi connectivity index (χ3v) is 8.53. The second-order valence-electron chi connectivity index (χ2n) is 9.24. The fraction of sp³-hybridized carbons (Fsp3) is 0.241. The summed E-state index contributed by atoms with van der Waals surface area (Å²) in [5.41, 5.74) is 5.52. The molecule has 0 saturated heterocycles. The molecule has 0 saturated carbocycles. The Labute approximate surface area is 211 Å². The maximum atomic E-state index is 13.7. The number of aromatic nitrogens is 1. The maximum absolute atomic E-state index is 13.7. The van der Waals surface area contributed by atoms with Crippen LogP contribution in [0.5, 0.6) is 0 Å². The number of nitrogens with zero attached hydrogens (tertiary/aromatic N) is 1. The average Bonchev–Trinajstić information content (AvgIpc) is 2.84. The quantitative estimate of drug-likeness (QED) is 0.340. The molecule has 7 heteroatoms. The van der Waals surface area contributed by atoms with Crippen molar-refractivity contribution in [3.63, 3.8) is 0 Å². The minimum Gasteiger partial charge on any atom is -0.322 e. The van der Waals surface area contributed by atoms with Crippen LogP contribution < -0.4 is 5.56 Å². The third kappa shape index (κ3) is 5.32. The number of benzene rings is 3. The molecule has 0 fully saturated rings. The predicted octanol–water partition coefficient (Wildman–Crippen LogP) is 5.09. The summed E-state index contributed by atoms with van der Waals surface area (Å²) < 4.78 is 28.8. The number of carbonyl (C=O) groups excluding carboxylic acids is 1. The van der Waals surface area contributed by atoms with E-state index >= 15 is 0 Å². The number of aryl methyl sites for hydroxylation is 3. The molecular weight excluding hydrogens is 472 g/mol. The zero-order chi connectivity index (χ0) is 26.0. The highest BCUT2D eigenvalue weighted by Gasteiger charge is 2.26. The van der Waals surface area contributed by atoms with Crippen molar-refractivity contribution in [3.05, 3.63) is 110 Å². The van der Waals surface area contributed by atoms with Crippen molar-refractivity contribution in [1.82, 2.24) is 9.29 Å². The van der Waals surface area contributed by atoms with Crippen molar-refractivity contribution in [1.29, 1.82) is 0 Å². The Bertz CT molecular complexity index is 1600.